The van der Waals surface area contributed by atoms with E-state index in [0.29, 0.717) is 5.92 Å². The Labute approximate surface area is 129 Å². The molecule has 1 N–H and O–H groups in total. The van der Waals surface area contributed by atoms with Crippen molar-refractivity contribution < 1.29 is 0 Å². The summed E-state index contributed by atoms with van der Waals surface area (Å²) in [7, 11) is 0. The molecule has 2 atom stereocenters. The highest BCUT2D eigenvalue weighted by molar-refractivity contribution is 5.53. The SMILES string of the molecule is CCCNC1CC2CCC(C1)N2c1cccc(C(C)C)c1. The number of hydrogen-bond donors (Lipinski definition) is 1. The average molecular weight is 286 g/mol. The molecule has 2 aliphatic heterocycles. The molecule has 2 aliphatic rings. The molecule has 2 nitrogen and oxygen atoms in total. The molecule has 3 rings (SSSR count). The minimum absolute atomic E-state index is 0.617. The van der Waals surface area contributed by atoms with E-state index >= 15 is 0 Å². The van der Waals surface area contributed by atoms with Crippen LogP contribution in [-0.2, 0) is 0 Å². The van der Waals surface area contributed by atoms with E-state index in [9.17, 15) is 0 Å². The molecule has 0 amide bonds. The van der Waals surface area contributed by atoms with Gasteiger partial charge in [0.1, 0.15) is 0 Å². The molecule has 2 heterocycles. The maximum Gasteiger partial charge on any atom is 0.0374 e. The van der Waals surface area contributed by atoms with E-state index in [1.807, 2.05) is 0 Å². The summed E-state index contributed by atoms with van der Waals surface area (Å²) in [5, 5.41) is 3.75. The zero-order valence-electron chi connectivity index (χ0n) is 13.8. The van der Waals surface area contributed by atoms with Gasteiger partial charge in [-0.25, -0.2) is 0 Å². The van der Waals surface area contributed by atoms with Crippen molar-refractivity contribution in [2.24, 2.45) is 0 Å². The van der Waals surface area contributed by atoms with Gasteiger partial charge in [-0.15, -0.1) is 0 Å². The lowest BCUT2D eigenvalue weighted by Gasteiger charge is -2.41. The summed E-state index contributed by atoms with van der Waals surface area (Å²) >= 11 is 0. The second kappa shape index (κ2) is 6.39. The van der Waals surface area contributed by atoms with E-state index in [4.69, 9.17) is 0 Å². The van der Waals surface area contributed by atoms with E-state index in [1.165, 1.54) is 49.9 Å². The van der Waals surface area contributed by atoms with Crippen LogP contribution >= 0.6 is 0 Å². The van der Waals surface area contributed by atoms with Gasteiger partial charge < -0.3 is 10.2 Å². The van der Waals surface area contributed by atoms with Gasteiger partial charge in [-0.2, -0.15) is 0 Å². The molecule has 0 aliphatic carbocycles. The Kier molecular flexibility index (Phi) is 4.54. The van der Waals surface area contributed by atoms with Crippen molar-refractivity contribution in [2.45, 2.75) is 76.9 Å². The van der Waals surface area contributed by atoms with Crippen LogP contribution in [-0.4, -0.2) is 24.7 Å². The first-order valence-corrected chi connectivity index (χ1v) is 8.80. The molecule has 2 fully saturated rings. The van der Waals surface area contributed by atoms with Gasteiger partial charge in [0, 0.05) is 23.8 Å². The lowest BCUT2D eigenvalue weighted by molar-refractivity contribution is 0.356. The van der Waals surface area contributed by atoms with Gasteiger partial charge >= 0.3 is 0 Å². The first-order valence-electron chi connectivity index (χ1n) is 8.80. The van der Waals surface area contributed by atoms with E-state index in [1.54, 1.807) is 0 Å². The third-order valence-corrected chi connectivity index (χ3v) is 5.25. The van der Waals surface area contributed by atoms with Gasteiger partial charge in [0.2, 0.25) is 0 Å². The lowest BCUT2D eigenvalue weighted by Crippen LogP contribution is -2.49. The zero-order chi connectivity index (χ0) is 14.8. The fourth-order valence-corrected chi connectivity index (χ4v) is 4.16. The van der Waals surface area contributed by atoms with E-state index in [-0.39, 0.29) is 0 Å². The third-order valence-electron chi connectivity index (χ3n) is 5.25. The van der Waals surface area contributed by atoms with Crippen LogP contribution in [0.4, 0.5) is 5.69 Å². The molecule has 2 bridgehead atoms. The Morgan fingerprint density at radius 1 is 1.19 bits per heavy atom. The number of nitrogens with one attached hydrogen (secondary N) is 1. The summed E-state index contributed by atoms with van der Waals surface area (Å²) in [5.41, 5.74) is 2.93. The summed E-state index contributed by atoms with van der Waals surface area (Å²) in [5.74, 6) is 0.617. The monoisotopic (exact) mass is 286 g/mol. The van der Waals surface area contributed by atoms with Crippen molar-refractivity contribution in [3.8, 4) is 0 Å². The normalized spacial score (nSPS) is 28.4. The van der Waals surface area contributed by atoms with Crippen LogP contribution in [0, 0.1) is 0 Å². The standard InChI is InChI=1S/C19H30N2/c1-4-10-20-16-12-18-8-9-19(13-16)21(18)17-7-5-6-15(11-17)14(2)3/h5-7,11,14,16,18-20H,4,8-10,12-13H2,1-3H3. The Balaban J connectivity index is 1.74. The average Bonchev–Trinajstić information content (AvgIpc) is 2.76. The minimum Gasteiger partial charge on any atom is -0.365 e. The van der Waals surface area contributed by atoms with Crippen LogP contribution in [0.5, 0.6) is 0 Å². The third kappa shape index (κ3) is 3.11. The van der Waals surface area contributed by atoms with Crippen molar-refractivity contribution >= 4 is 5.69 Å². The molecule has 0 radical (unpaired) electrons. The Hall–Kier alpha value is -1.02. The highest BCUT2D eigenvalue weighted by Crippen LogP contribution is 2.39. The summed E-state index contributed by atoms with van der Waals surface area (Å²) in [6, 6.07) is 11.5. The fourth-order valence-electron chi connectivity index (χ4n) is 4.16. The summed E-state index contributed by atoms with van der Waals surface area (Å²) in [4.78, 5) is 2.73. The largest absolute Gasteiger partial charge is 0.365 e. The fraction of sp³-hybridized carbons (Fsp3) is 0.684. The van der Waals surface area contributed by atoms with Crippen molar-refractivity contribution in [1.82, 2.24) is 5.32 Å². The Morgan fingerprint density at radius 2 is 1.90 bits per heavy atom. The molecule has 0 saturated carbocycles. The molecule has 2 unspecified atom stereocenters. The van der Waals surface area contributed by atoms with Crippen molar-refractivity contribution in [3.05, 3.63) is 29.8 Å². The number of fused-ring (bicyclic) bond motifs is 2. The molecular weight excluding hydrogens is 256 g/mol. The molecule has 0 aromatic heterocycles. The number of benzene rings is 1. The first-order chi connectivity index (χ1) is 10.2. The van der Waals surface area contributed by atoms with Gasteiger partial charge in [0.25, 0.3) is 0 Å². The molecule has 1 aromatic rings. The van der Waals surface area contributed by atoms with Gasteiger partial charge in [-0.3, -0.25) is 0 Å². The van der Waals surface area contributed by atoms with Crippen LogP contribution in [0.15, 0.2) is 24.3 Å². The molecule has 0 spiro atoms. The molecule has 2 heteroatoms. The minimum atomic E-state index is 0.617. The summed E-state index contributed by atoms with van der Waals surface area (Å²) in [6.45, 7) is 8.00. The van der Waals surface area contributed by atoms with E-state index in [2.05, 4.69) is 55.3 Å². The molecular formula is C19H30N2. The van der Waals surface area contributed by atoms with Crippen molar-refractivity contribution in [1.29, 1.82) is 0 Å². The van der Waals surface area contributed by atoms with Crippen molar-refractivity contribution in [2.75, 3.05) is 11.4 Å². The number of nitrogens with zero attached hydrogens (tertiary/aromatic N) is 1. The van der Waals surface area contributed by atoms with Crippen LogP contribution in [0.3, 0.4) is 0 Å². The molecule has 1 aromatic carbocycles. The maximum atomic E-state index is 3.75. The van der Waals surface area contributed by atoms with E-state index < -0.39 is 0 Å². The van der Waals surface area contributed by atoms with Crippen LogP contribution in [0.25, 0.3) is 0 Å². The molecule has 116 valence electrons. The Morgan fingerprint density at radius 3 is 2.52 bits per heavy atom. The predicted molar refractivity (Wildman–Crippen MR) is 91.1 cm³/mol. The highest BCUT2D eigenvalue weighted by Gasteiger charge is 2.40. The quantitative estimate of drug-likeness (QED) is 0.867. The number of hydrogen-bond acceptors (Lipinski definition) is 2. The lowest BCUT2D eigenvalue weighted by atomic mass is 9.95. The number of rotatable bonds is 5. The summed E-state index contributed by atoms with van der Waals surface area (Å²) in [6.07, 6.45) is 6.64. The maximum absolute atomic E-state index is 3.75. The van der Waals surface area contributed by atoms with Crippen LogP contribution in [0.2, 0.25) is 0 Å². The van der Waals surface area contributed by atoms with Gasteiger partial charge in [0.15, 0.2) is 0 Å². The zero-order valence-corrected chi connectivity index (χ0v) is 13.8. The van der Waals surface area contributed by atoms with Crippen LogP contribution in [0.1, 0.15) is 64.4 Å². The Bertz CT molecular complexity index is 454. The number of anilines is 1. The second-order valence-corrected chi connectivity index (χ2v) is 7.16. The predicted octanol–water partition coefficient (Wildman–Crippen LogP) is 4.31. The van der Waals surface area contributed by atoms with Gasteiger partial charge in [0.05, 0.1) is 0 Å². The molecule has 2 saturated heterocycles. The second-order valence-electron chi connectivity index (χ2n) is 7.16. The molecule has 21 heavy (non-hydrogen) atoms. The van der Waals surface area contributed by atoms with Gasteiger partial charge in [-0.1, -0.05) is 32.9 Å². The topological polar surface area (TPSA) is 15.3 Å². The summed E-state index contributed by atoms with van der Waals surface area (Å²) < 4.78 is 0. The van der Waals surface area contributed by atoms with Crippen LogP contribution < -0.4 is 10.2 Å². The number of piperidine rings is 1. The van der Waals surface area contributed by atoms with Crippen molar-refractivity contribution in [3.63, 3.8) is 0 Å². The highest BCUT2D eigenvalue weighted by atomic mass is 15.2. The first kappa shape index (κ1) is 14.9. The van der Waals surface area contributed by atoms with E-state index in [0.717, 1.165) is 18.1 Å². The smallest absolute Gasteiger partial charge is 0.0374 e. The van der Waals surface area contributed by atoms with Gasteiger partial charge in [-0.05, 0) is 62.3 Å².